The highest BCUT2D eigenvalue weighted by Gasteiger charge is 2.09. The predicted molar refractivity (Wildman–Crippen MR) is 47.2 cm³/mol. The van der Waals surface area contributed by atoms with E-state index in [0.29, 0.717) is 0 Å². The lowest BCUT2D eigenvalue weighted by Gasteiger charge is -2.06. The molecule has 1 rings (SSSR count). The first kappa shape index (κ1) is 8.49. The van der Waals surface area contributed by atoms with Gasteiger partial charge in [0.2, 0.25) is 0 Å². The number of rotatable bonds is 2. The summed E-state index contributed by atoms with van der Waals surface area (Å²) in [7, 11) is 1.88. The normalized spacial score (nSPS) is 13.4. The van der Waals surface area contributed by atoms with Crippen LogP contribution in [0.1, 0.15) is 23.5 Å². The molecular weight excluding hydrogens is 160 g/mol. The van der Waals surface area contributed by atoms with Crippen LogP contribution >= 0.6 is 11.3 Å². The Balaban J connectivity index is 3.02. The second-order valence-electron chi connectivity index (χ2n) is 2.51. The van der Waals surface area contributed by atoms with E-state index in [2.05, 4.69) is 10.3 Å². The fourth-order valence-electron chi connectivity index (χ4n) is 0.961. The number of aromatic amines is 1. The average Bonchev–Trinajstić information content (AvgIpc) is 2.28. The number of aromatic nitrogens is 1. The number of thiazole rings is 1. The third kappa shape index (κ3) is 1.70. The first-order chi connectivity index (χ1) is 5.15. The fourth-order valence-corrected chi connectivity index (χ4v) is 1.86. The predicted octanol–water partition coefficient (Wildman–Crippen LogP) is 1.03. The zero-order valence-electron chi connectivity index (χ0n) is 6.89. The van der Waals surface area contributed by atoms with Gasteiger partial charge in [0, 0.05) is 16.6 Å². The topological polar surface area (TPSA) is 44.9 Å². The number of hydrogen-bond acceptors (Lipinski definition) is 3. The molecule has 0 saturated heterocycles. The number of H-pyrrole nitrogens is 1. The Hall–Kier alpha value is -0.610. The van der Waals surface area contributed by atoms with Gasteiger partial charge in [-0.1, -0.05) is 11.3 Å². The largest absolute Gasteiger partial charge is 0.317 e. The molecule has 0 spiro atoms. The van der Waals surface area contributed by atoms with E-state index in [1.54, 1.807) is 0 Å². The highest BCUT2D eigenvalue weighted by molar-refractivity contribution is 7.09. The standard InChI is InChI=1S/C7H12N2OS/c1-4(8-3)6-5(2)9-7(10)11-6/h4,8H,1-3H3,(H,9,10). The summed E-state index contributed by atoms with van der Waals surface area (Å²) in [5.41, 5.74) is 0.974. The van der Waals surface area contributed by atoms with E-state index < -0.39 is 0 Å². The van der Waals surface area contributed by atoms with Crippen molar-refractivity contribution in [1.29, 1.82) is 0 Å². The van der Waals surface area contributed by atoms with Crippen molar-refractivity contribution >= 4 is 11.3 Å². The number of hydrogen-bond donors (Lipinski definition) is 2. The van der Waals surface area contributed by atoms with Crippen molar-refractivity contribution < 1.29 is 0 Å². The van der Waals surface area contributed by atoms with Crippen molar-refractivity contribution in [3.8, 4) is 0 Å². The maximum atomic E-state index is 10.9. The van der Waals surface area contributed by atoms with Crippen LogP contribution in [0.25, 0.3) is 0 Å². The third-order valence-electron chi connectivity index (χ3n) is 1.69. The van der Waals surface area contributed by atoms with Crippen molar-refractivity contribution in [2.45, 2.75) is 19.9 Å². The van der Waals surface area contributed by atoms with Crippen LogP contribution in [0.4, 0.5) is 0 Å². The molecule has 0 aromatic carbocycles. The molecule has 1 atom stereocenters. The lowest BCUT2D eigenvalue weighted by Crippen LogP contribution is -2.11. The molecule has 62 valence electrons. The van der Waals surface area contributed by atoms with E-state index in [9.17, 15) is 4.79 Å². The highest BCUT2D eigenvalue weighted by Crippen LogP contribution is 2.17. The van der Waals surface area contributed by atoms with Crippen LogP contribution < -0.4 is 10.2 Å². The lowest BCUT2D eigenvalue weighted by molar-refractivity contribution is 0.658. The van der Waals surface area contributed by atoms with Gasteiger partial charge in [-0.3, -0.25) is 4.79 Å². The van der Waals surface area contributed by atoms with E-state index in [0.717, 1.165) is 10.6 Å². The SMILES string of the molecule is CNC(C)c1sc(=O)[nH]c1C. The van der Waals surface area contributed by atoms with Crippen molar-refractivity contribution in [2.24, 2.45) is 0 Å². The molecule has 0 saturated carbocycles. The van der Waals surface area contributed by atoms with E-state index in [-0.39, 0.29) is 10.9 Å². The minimum Gasteiger partial charge on any atom is -0.317 e. The van der Waals surface area contributed by atoms with Gasteiger partial charge in [-0.15, -0.1) is 0 Å². The molecule has 1 aromatic heterocycles. The minimum absolute atomic E-state index is 0.0274. The number of aryl methyl sites for hydroxylation is 1. The molecule has 0 fully saturated rings. The molecule has 4 heteroatoms. The molecule has 0 radical (unpaired) electrons. The second-order valence-corrected chi connectivity index (χ2v) is 3.53. The smallest absolute Gasteiger partial charge is 0.304 e. The molecule has 0 aliphatic carbocycles. The van der Waals surface area contributed by atoms with Crippen LogP contribution in [0.2, 0.25) is 0 Å². The van der Waals surface area contributed by atoms with Crippen molar-refractivity contribution in [2.75, 3.05) is 7.05 Å². The minimum atomic E-state index is 0.0274. The molecule has 0 aliphatic rings. The van der Waals surface area contributed by atoms with Gasteiger partial charge in [0.15, 0.2) is 0 Å². The van der Waals surface area contributed by atoms with Crippen molar-refractivity contribution in [1.82, 2.24) is 10.3 Å². The molecule has 1 unspecified atom stereocenters. The molecule has 0 amide bonds. The highest BCUT2D eigenvalue weighted by atomic mass is 32.1. The summed E-state index contributed by atoms with van der Waals surface area (Å²) in [6, 6.07) is 0.263. The monoisotopic (exact) mass is 172 g/mol. The van der Waals surface area contributed by atoms with Crippen molar-refractivity contribution in [3.63, 3.8) is 0 Å². The molecule has 1 heterocycles. The summed E-state index contributed by atoms with van der Waals surface area (Å²) in [4.78, 5) is 14.7. The molecule has 0 aliphatic heterocycles. The molecule has 2 N–H and O–H groups in total. The zero-order valence-corrected chi connectivity index (χ0v) is 7.71. The maximum Gasteiger partial charge on any atom is 0.304 e. The van der Waals surface area contributed by atoms with Gasteiger partial charge in [0.1, 0.15) is 0 Å². The third-order valence-corrected chi connectivity index (χ3v) is 2.86. The maximum absolute atomic E-state index is 10.9. The Labute approximate surface area is 69.5 Å². The molecule has 3 nitrogen and oxygen atoms in total. The van der Waals surface area contributed by atoms with E-state index in [1.807, 2.05) is 20.9 Å². The van der Waals surface area contributed by atoms with Crippen LogP contribution in [0.15, 0.2) is 4.79 Å². The number of nitrogens with one attached hydrogen (secondary N) is 2. The van der Waals surface area contributed by atoms with Gasteiger partial charge >= 0.3 is 4.87 Å². The molecular formula is C7H12N2OS. The van der Waals surface area contributed by atoms with E-state index in [4.69, 9.17) is 0 Å². The Morgan fingerprint density at radius 1 is 1.64 bits per heavy atom. The Morgan fingerprint density at radius 2 is 2.27 bits per heavy atom. The first-order valence-electron chi connectivity index (χ1n) is 3.52. The second kappa shape index (κ2) is 3.19. The first-order valence-corrected chi connectivity index (χ1v) is 4.33. The summed E-state index contributed by atoms with van der Waals surface area (Å²) >= 11 is 1.27. The van der Waals surface area contributed by atoms with Crippen LogP contribution in [-0.4, -0.2) is 12.0 Å². The van der Waals surface area contributed by atoms with Crippen LogP contribution in [0, 0.1) is 6.92 Å². The summed E-state index contributed by atoms with van der Waals surface area (Å²) in [6.45, 7) is 3.95. The van der Waals surface area contributed by atoms with E-state index >= 15 is 0 Å². The lowest BCUT2D eigenvalue weighted by atomic mass is 10.2. The van der Waals surface area contributed by atoms with E-state index in [1.165, 1.54) is 11.3 Å². The molecule has 1 aromatic rings. The van der Waals surface area contributed by atoms with Gasteiger partial charge < -0.3 is 10.3 Å². The fraction of sp³-hybridized carbons (Fsp3) is 0.571. The molecule has 0 bridgehead atoms. The Bertz CT molecular complexity index is 289. The molecule has 11 heavy (non-hydrogen) atoms. The van der Waals surface area contributed by atoms with Crippen LogP contribution in [-0.2, 0) is 0 Å². The van der Waals surface area contributed by atoms with Gasteiger partial charge in [-0.05, 0) is 20.9 Å². The zero-order chi connectivity index (χ0) is 8.43. The summed E-state index contributed by atoms with van der Waals surface area (Å²) < 4.78 is 0. The van der Waals surface area contributed by atoms with Gasteiger partial charge in [0.05, 0.1) is 0 Å². The van der Waals surface area contributed by atoms with Gasteiger partial charge in [-0.2, -0.15) is 0 Å². The summed E-state index contributed by atoms with van der Waals surface area (Å²) in [6.07, 6.45) is 0. The summed E-state index contributed by atoms with van der Waals surface area (Å²) in [5.74, 6) is 0. The van der Waals surface area contributed by atoms with Crippen molar-refractivity contribution in [3.05, 3.63) is 20.2 Å². The van der Waals surface area contributed by atoms with Gasteiger partial charge in [0.25, 0.3) is 0 Å². The van der Waals surface area contributed by atoms with Gasteiger partial charge in [-0.25, -0.2) is 0 Å². The Morgan fingerprint density at radius 3 is 2.64 bits per heavy atom. The average molecular weight is 172 g/mol. The summed E-state index contributed by atoms with van der Waals surface area (Å²) in [5, 5.41) is 3.09. The quantitative estimate of drug-likeness (QED) is 0.699. The van der Waals surface area contributed by atoms with Crippen LogP contribution in [0.5, 0.6) is 0 Å². The Kier molecular flexibility index (Phi) is 2.46. The van der Waals surface area contributed by atoms with Crippen LogP contribution in [0.3, 0.4) is 0 Å².